The minimum absolute atomic E-state index is 0.0168. The lowest BCUT2D eigenvalue weighted by molar-refractivity contribution is -0.134. The molecule has 2 saturated heterocycles. The molecule has 0 saturated carbocycles. The quantitative estimate of drug-likeness (QED) is 0.691. The largest absolute Gasteiger partial charge is 0.344 e. The zero-order valence-electron chi connectivity index (χ0n) is 9.00. The molecule has 0 aromatic carbocycles. The fourth-order valence-electron chi connectivity index (χ4n) is 2.31. The molecule has 1 N–H and O–H groups in total. The predicted octanol–water partition coefficient (Wildman–Crippen LogP) is 0.668. The molecule has 4 nitrogen and oxygen atoms in total. The van der Waals surface area contributed by atoms with Crippen LogP contribution in [0.4, 0.5) is 0 Å². The van der Waals surface area contributed by atoms with Crippen molar-refractivity contribution in [3.63, 3.8) is 0 Å². The highest BCUT2D eigenvalue weighted by molar-refractivity contribution is 5.90. The third-order valence-corrected chi connectivity index (χ3v) is 3.21. The van der Waals surface area contributed by atoms with Gasteiger partial charge in [-0.25, -0.2) is 0 Å². The van der Waals surface area contributed by atoms with E-state index in [-0.39, 0.29) is 17.9 Å². The van der Waals surface area contributed by atoms with Gasteiger partial charge >= 0.3 is 0 Å². The summed E-state index contributed by atoms with van der Waals surface area (Å²) in [6, 6.07) is -0.240. The average Bonchev–Trinajstić information content (AvgIpc) is 2.53. The molecule has 2 aliphatic heterocycles. The number of carbonyl (C=O) groups excluding carboxylic acids is 2. The normalized spacial score (nSPS) is 27.3. The molecular formula is C11H18N2O2. The lowest BCUT2D eigenvalue weighted by Gasteiger charge is -2.23. The van der Waals surface area contributed by atoms with Gasteiger partial charge in [0.2, 0.25) is 11.8 Å². The van der Waals surface area contributed by atoms with Gasteiger partial charge in [0, 0.05) is 19.5 Å². The van der Waals surface area contributed by atoms with Crippen molar-refractivity contribution in [2.45, 2.75) is 44.6 Å². The molecule has 2 amide bonds. The van der Waals surface area contributed by atoms with Crippen molar-refractivity contribution in [3.05, 3.63) is 0 Å². The van der Waals surface area contributed by atoms with Crippen LogP contribution in [0.2, 0.25) is 0 Å². The van der Waals surface area contributed by atoms with Crippen LogP contribution in [0.5, 0.6) is 0 Å². The molecule has 4 heteroatoms. The molecule has 0 bridgehead atoms. The van der Waals surface area contributed by atoms with E-state index in [1.54, 1.807) is 0 Å². The van der Waals surface area contributed by atoms with E-state index in [9.17, 15) is 9.59 Å². The van der Waals surface area contributed by atoms with Gasteiger partial charge in [0.05, 0.1) is 0 Å². The summed E-state index contributed by atoms with van der Waals surface area (Å²) in [5, 5.41) is 2.74. The summed E-state index contributed by atoms with van der Waals surface area (Å²) in [4.78, 5) is 25.0. The van der Waals surface area contributed by atoms with Gasteiger partial charge in [-0.15, -0.1) is 0 Å². The zero-order chi connectivity index (χ0) is 10.7. The molecule has 15 heavy (non-hydrogen) atoms. The molecule has 84 valence electrons. The SMILES string of the molecule is O=C1CCC(C(=O)N2CCCCCC2)N1. The molecule has 0 radical (unpaired) electrons. The predicted molar refractivity (Wildman–Crippen MR) is 56.2 cm³/mol. The maximum Gasteiger partial charge on any atom is 0.245 e. The summed E-state index contributed by atoms with van der Waals surface area (Å²) in [5.74, 6) is 0.144. The Balaban J connectivity index is 1.91. The van der Waals surface area contributed by atoms with E-state index in [0.29, 0.717) is 12.8 Å². The lowest BCUT2D eigenvalue weighted by Crippen LogP contribution is -2.44. The second-order valence-electron chi connectivity index (χ2n) is 4.40. The third kappa shape index (κ3) is 2.49. The number of carbonyl (C=O) groups is 2. The van der Waals surface area contributed by atoms with Crippen molar-refractivity contribution in [1.29, 1.82) is 0 Å². The van der Waals surface area contributed by atoms with E-state index in [1.165, 1.54) is 12.8 Å². The first-order chi connectivity index (χ1) is 7.27. The summed E-state index contributed by atoms with van der Waals surface area (Å²) in [7, 11) is 0. The Morgan fingerprint density at radius 2 is 1.87 bits per heavy atom. The van der Waals surface area contributed by atoms with Crippen LogP contribution in [-0.2, 0) is 9.59 Å². The lowest BCUT2D eigenvalue weighted by atomic mass is 10.2. The van der Waals surface area contributed by atoms with Crippen molar-refractivity contribution in [1.82, 2.24) is 10.2 Å². The smallest absolute Gasteiger partial charge is 0.245 e. The molecule has 0 spiro atoms. The Morgan fingerprint density at radius 1 is 1.20 bits per heavy atom. The molecule has 0 aromatic heterocycles. The minimum atomic E-state index is -0.240. The number of hydrogen-bond acceptors (Lipinski definition) is 2. The average molecular weight is 210 g/mol. The number of nitrogens with zero attached hydrogens (tertiary/aromatic N) is 1. The van der Waals surface area contributed by atoms with Crippen molar-refractivity contribution < 1.29 is 9.59 Å². The first-order valence-corrected chi connectivity index (χ1v) is 5.85. The van der Waals surface area contributed by atoms with Gasteiger partial charge in [0.15, 0.2) is 0 Å². The second-order valence-corrected chi connectivity index (χ2v) is 4.40. The van der Waals surface area contributed by atoms with E-state index in [2.05, 4.69) is 5.32 Å². The van der Waals surface area contributed by atoms with Crippen LogP contribution in [0.15, 0.2) is 0 Å². The van der Waals surface area contributed by atoms with Crippen molar-refractivity contribution in [3.8, 4) is 0 Å². The Bertz CT molecular complexity index is 257. The Labute approximate surface area is 90.0 Å². The molecule has 0 aliphatic carbocycles. The third-order valence-electron chi connectivity index (χ3n) is 3.21. The Hall–Kier alpha value is -1.06. The highest BCUT2D eigenvalue weighted by atomic mass is 16.2. The molecule has 2 rings (SSSR count). The van der Waals surface area contributed by atoms with E-state index < -0.39 is 0 Å². The fourth-order valence-corrected chi connectivity index (χ4v) is 2.31. The maximum absolute atomic E-state index is 12.0. The standard InChI is InChI=1S/C11H18N2O2/c14-10-6-5-9(12-10)11(15)13-7-3-1-2-4-8-13/h9H,1-8H2,(H,12,14). The van der Waals surface area contributed by atoms with Crippen LogP contribution in [0.3, 0.4) is 0 Å². The van der Waals surface area contributed by atoms with Gasteiger partial charge in [0.1, 0.15) is 6.04 Å². The molecular weight excluding hydrogens is 192 g/mol. The number of hydrogen-bond donors (Lipinski definition) is 1. The molecule has 2 fully saturated rings. The number of likely N-dealkylation sites (tertiary alicyclic amines) is 1. The number of rotatable bonds is 1. The van der Waals surface area contributed by atoms with Crippen molar-refractivity contribution in [2.75, 3.05) is 13.1 Å². The Kier molecular flexibility index (Phi) is 3.23. The van der Waals surface area contributed by atoms with Crippen molar-refractivity contribution >= 4 is 11.8 Å². The molecule has 2 heterocycles. The number of amides is 2. The van der Waals surface area contributed by atoms with Crippen molar-refractivity contribution in [2.24, 2.45) is 0 Å². The van der Waals surface area contributed by atoms with E-state index in [1.807, 2.05) is 4.90 Å². The second kappa shape index (κ2) is 4.64. The van der Waals surface area contributed by atoms with E-state index in [4.69, 9.17) is 0 Å². The zero-order valence-corrected chi connectivity index (χ0v) is 9.00. The van der Waals surface area contributed by atoms with Crippen LogP contribution >= 0.6 is 0 Å². The first-order valence-electron chi connectivity index (χ1n) is 5.85. The van der Waals surface area contributed by atoms with Gasteiger partial charge in [-0.1, -0.05) is 12.8 Å². The van der Waals surface area contributed by atoms with Gasteiger partial charge in [0.25, 0.3) is 0 Å². The fraction of sp³-hybridized carbons (Fsp3) is 0.818. The molecule has 0 aromatic rings. The maximum atomic E-state index is 12.0. The Morgan fingerprint density at radius 3 is 2.40 bits per heavy atom. The minimum Gasteiger partial charge on any atom is -0.344 e. The summed E-state index contributed by atoms with van der Waals surface area (Å²) >= 11 is 0. The van der Waals surface area contributed by atoms with Crippen LogP contribution in [0, 0.1) is 0 Å². The summed E-state index contributed by atoms with van der Waals surface area (Å²) < 4.78 is 0. The van der Waals surface area contributed by atoms with Crippen LogP contribution in [0.25, 0.3) is 0 Å². The van der Waals surface area contributed by atoms with Gasteiger partial charge in [-0.2, -0.15) is 0 Å². The highest BCUT2D eigenvalue weighted by Crippen LogP contribution is 2.14. The number of nitrogens with one attached hydrogen (secondary N) is 1. The summed E-state index contributed by atoms with van der Waals surface area (Å²) in [5.41, 5.74) is 0. The van der Waals surface area contributed by atoms with Gasteiger partial charge in [-0.3, -0.25) is 9.59 Å². The topological polar surface area (TPSA) is 49.4 Å². The molecule has 1 unspecified atom stereocenters. The van der Waals surface area contributed by atoms with Crippen LogP contribution < -0.4 is 5.32 Å². The van der Waals surface area contributed by atoms with E-state index >= 15 is 0 Å². The van der Waals surface area contributed by atoms with E-state index in [0.717, 1.165) is 25.9 Å². The van der Waals surface area contributed by atoms with Gasteiger partial charge in [-0.05, 0) is 19.3 Å². The monoisotopic (exact) mass is 210 g/mol. The van der Waals surface area contributed by atoms with Gasteiger partial charge < -0.3 is 10.2 Å². The van der Waals surface area contributed by atoms with Crippen LogP contribution in [-0.4, -0.2) is 35.8 Å². The first kappa shape index (κ1) is 10.5. The van der Waals surface area contributed by atoms with Crippen LogP contribution in [0.1, 0.15) is 38.5 Å². The molecule has 1 atom stereocenters. The molecule has 2 aliphatic rings. The summed E-state index contributed by atoms with van der Waals surface area (Å²) in [6.07, 6.45) is 5.83. The summed E-state index contributed by atoms with van der Waals surface area (Å²) in [6.45, 7) is 1.73. The highest BCUT2D eigenvalue weighted by Gasteiger charge is 2.30.